The van der Waals surface area contributed by atoms with E-state index in [4.69, 9.17) is 18.9 Å². The monoisotopic (exact) mass is 480 g/mol. The van der Waals surface area contributed by atoms with Crippen LogP contribution in [0.1, 0.15) is 74.1 Å². The van der Waals surface area contributed by atoms with Crippen molar-refractivity contribution in [1.82, 2.24) is 0 Å². The first-order valence-corrected chi connectivity index (χ1v) is 12.3. The number of aliphatic hydroxyl groups is 1. The zero-order valence-corrected chi connectivity index (χ0v) is 21.5. The molecule has 0 amide bonds. The van der Waals surface area contributed by atoms with Gasteiger partial charge in [-0.15, -0.1) is 0 Å². The van der Waals surface area contributed by atoms with E-state index in [1.54, 1.807) is 0 Å². The van der Waals surface area contributed by atoms with E-state index in [-0.39, 0.29) is 23.7 Å². The predicted octanol–water partition coefficient (Wildman–Crippen LogP) is 3.34. The van der Waals surface area contributed by atoms with Crippen LogP contribution in [-0.2, 0) is 33.3 Å². The average molecular weight is 481 g/mol. The van der Waals surface area contributed by atoms with Crippen LogP contribution in [0.5, 0.6) is 0 Å². The molecule has 8 nitrogen and oxygen atoms in total. The number of carbonyl (C=O) groups excluding carboxylic acids is 3. The van der Waals surface area contributed by atoms with Crippen LogP contribution in [0.25, 0.3) is 0 Å². The van der Waals surface area contributed by atoms with Gasteiger partial charge in [-0.25, -0.2) is 0 Å². The standard InChI is InChI=1S/C26H40O8/c1-13(2)18-12-21(31-15(4)27)26(8,34-17(6)29)23-20-11-14(3)19(30)9-10-25(7,33-16(5)28)24(32-20)22(18)23/h13,18-24,30H,3,9-12H2,1-2,4-8H3/t18-,19+,20-,21+,22-,23-,24-,25-,26-/m1/s1. The number of fused-ring (bicyclic) bond motifs is 5. The number of carbonyl (C=O) groups is 3. The van der Waals surface area contributed by atoms with Gasteiger partial charge in [-0.3, -0.25) is 14.4 Å². The summed E-state index contributed by atoms with van der Waals surface area (Å²) in [5.74, 6) is -1.57. The Labute approximate surface area is 202 Å². The average Bonchev–Trinajstić information content (AvgIpc) is 3.08. The van der Waals surface area contributed by atoms with Crippen LogP contribution < -0.4 is 0 Å². The molecule has 0 radical (unpaired) electrons. The minimum atomic E-state index is -1.16. The highest BCUT2D eigenvalue weighted by Crippen LogP contribution is 2.58. The predicted molar refractivity (Wildman–Crippen MR) is 123 cm³/mol. The highest BCUT2D eigenvalue weighted by atomic mass is 16.6. The Morgan fingerprint density at radius 1 is 1.09 bits per heavy atom. The number of hydrogen-bond donors (Lipinski definition) is 1. The summed E-state index contributed by atoms with van der Waals surface area (Å²) in [6.45, 7) is 16.1. The fourth-order valence-electron chi connectivity index (χ4n) is 6.75. The largest absolute Gasteiger partial charge is 0.458 e. The number of hydrogen-bond acceptors (Lipinski definition) is 8. The van der Waals surface area contributed by atoms with Crippen molar-refractivity contribution in [2.45, 2.75) is 110 Å². The Morgan fingerprint density at radius 2 is 1.71 bits per heavy atom. The SMILES string of the molecule is C=C1C[C@H]2O[C@H]([C@H]3[C@@H]2[C@](C)(OC(C)=O)[C@@H](OC(C)=O)C[C@@H]3C(C)C)[C@](C)(OC(C)=O)CC[C@@H]1O. The Balaban J connectivity index is 2.20. The zero-order valence-electron chi connectivity index (χ0n) is 21.5. The van der Waals surface area contributed by atoms with Crippen molar-refractivity contribution in [3.8, 4) is 0 Å². The molecule has 0 aromatic heterocycles. The highest BCUT2D eigenvalue weighted by Gasteiger charge is 2.67. The molecule has 0 unspecified atom stereocenters. The molecule has 2 saturated heterocycles. The second-order valence-electron chi connectivity index (χ2n) is 11.0. The van der Waals surface area contributed by atoms with E-state index >= 15 is 0 Å². The Bertz CT molecular complexity index is 837. The van der Waals surface area contributed by atoms with Gasteiger partial charge < -0.3 is 24.1 Å². The lowest BCUT2D eigenvalue weighted by Gasteiger charge is -2.53. The maximum Gasteiger partial charge on any atom is 0.303 e. The maximum atomic E-state index is 12.3. The maximum absolute atomic E-state index is 12.3. The third-order valence-corrected chi connectivity index (χ3v) is 8.12. The lowest BCUT2D eigenvalue weighted by Crippen LogP contribution is -2.63. The molecule has 3 aliphatic rings. The van der Waals surface area contributed by atoms with Gasteiger partial charge in [-0.2, -0.15) is 0 Å². The molecule has 0 aromatic carbocycles. The first-order valence-electron chi connectivity index (χ1n) is 12.3. The zero-order chi connectivity index (χ0) is 25.6. The van der Waals surface area contributed by atoms with Gasteiger partial charge in [0.05, 0.1) is 12.2 Å². The summed E-state index contributed by atoms with van der Waals surface area (Å²) in [6.07, 6.45) is -0.720. The van der Waals surface area contributed by atoms with E-state index in [0.717, 1.165) is 0 Å². The molecule has 3 fully saturated rings. The van der Waals surface area contributed by atoms with Crippen LogP contribution in [0.2, 0.25) is 0 Å². The Hall–Kier alpha value is -1.93. The smallest absolute Gasteiger partial charge is 0.303 e. The minimum Gasteiger partial charge on any atom is -0.458 e. The van der Waals surface area contributed by atoms with Crippen LogP contribution in [0.3, 0.4) is 0 Å². The normalized spacial score (nSPS) is 42.1. The van der Waals surface area contributed by atoms with Crippen molar-refractivity contribution in [2.75, 3.05) is 0 Å². The third-order valence-electron chi connectivity index (χ3n) is 8.12. The quantitative estimate of drug-likeness (QED) is 0.371. The van der Waals surface area contributed by atoms with Crippen molar-refractivity contribution in [3.63, 3.8) is 0 Å². The van der Waals surface area contributed by atoms with Gasteiger partial charge in [0.2, 0.25) is 0 Å². The van der Waals surface area contributed by atoms with Crippen molar-refractivity contribution >= 4 is 17.9 Å². The van der Waals surface area contributed by atoms with E-state index in [2.05, 4.69) is 20.4 Å². The van der Waals surface area contributed by atoms with Gasteiger partial charge in [0.15, 0.2) is 5.60 Å². The molecule has 0 spiro atoms. The molecule has 2 bridgehead atoms. The molecule has 2 aliphatic heterocycles. The topological polar surface area (TPSA) is 108 Å². The first-order chi connectivity index (χ1) is 15.7. The summed E-state index contributed by atoms with van der Waals surface area (Å²) in [6, 6.07) is 0. The van der Waals surface area contributed by atoms with Crippen LogP contribution in [-0.4, -0.2) is 58.6 Å². The van der Waals surface area contributed by atoms with E-state index in [1.807, 2.05) is 13.8 Å². The van der Waals surface area contributed by atoms with Crippen LogP contribution >= 0.6 is 0 Å². The fraction of sp³-hybridized carbons (Fsp3) is 0.808. The van der Waals surface area contributed by atoms with Gasteiger partial charge in [0, 0.05) is 32.6 Å². The lowest BCUT2D eigenvalue weighted by atomic mass is 9.56. The summed E-state index contributed by atoms with van der Waals surface area (Å²) in [7, 11) is 0. The fourth-order valence-corrected chi connectivity index (χ4v) is 6.75. The Kier molecular flexibility index (Phi) is 7.54. The highest BCUT2D eigenvalue weighted by molar-refractivity contribution is 5.68. The van der Waals surface area contributed by atoms with Crippen LogP contribution in [0, 0.1) is 23.7 Å². The van der Waals surface area contributed by atoms with E-state index in [1.165, 1.54) is 20.8 Å². The van der Waals surface area contributed by atoms with Crippen molar-refractivity contribution in [1.29, 1.82) is 0 Å². The molecule has 1 saturated carbocycles. The molecule has 8 heteroatoms. The van der Waals surface area contributed by atoms with Gasteiger partial charge in [0.1, 0.15) is 17.8 Å². The van der Waals surface area contributed by atoms with Gasteiger partial charge in [0.25, 0.3) is 0 Å². The summed E-state index contributed by atoms with van der Waals surface area (Å²) >= 11 is 0. The molecular weight excluding hydrogens is 440 g/mol. The molecule has 3 rings (SSSR count). The molecular formula is C26H40O8. The van der Waals surface area contributed by atoms with E-state index < -0.39 is 53.5 Å². The van der Waals surface area contributed by atoms with Crippen molar-refractivity contribution in [3.05, 3.63) is 12.2 Å². The number of rotatable bonds is 4. The third kappa shape index (κ3) is 4.89. The Morgan fingerprint density at radius 3 is 2.24 bits per heavy atom. The number of ether oxygens (including phenoxy) is 4. The minimum absolute atomic E-state index is 0.0560. The lowest BCUT2D eigenvalue weighted by molar-refractivity contribution is -0.215. The summed E-state index contributed by atoms with van der Waals surface area (Å²) in [5.41, 5.74) is -1.53. The van der Waals surface area contributed by atoms with E-state index in [9.17, 15) is 19.5 Å². The van der Waals surface area contributed by atoms with Gasteiger partial charge in [-0.1, -0.05) is 20.4 Å². The van der Waals surface area contributed by atoms with Crippen molar-refractivity contribution in [2.24, 2.45) is 23.7 Å². The molecule has 9 atom stereocenters. The number of aliphatic hydroxyl groups excluding tert-OH is 1. The summed E-state index contributed by atoms with van der Waals surface area (Å²) in [4.78, 5) is 36.5. The van der Waals surface area contributed by atoms with Gasteiger partial charge in [-0.05, 0) is 56.9 Å². The van der Waals surface area contributed by atoms with Crippen LogP contribution in [0.4, 0.5) is 0 Å². The van der Waals surface area contributed by atoms with Crippen molar-refractivity contribution < 1.29 is 38.4 Å². The molecule has 192 valence electrons. The molecule has 1 aliphatic carbocycles. The molecule has 1 N–H and O–H groups in total. The summed E-state index contributed by atoms with van der Waals surface area (Å²) < 4.78 is 24.3. The molecule has 34 heavy (non-hydrogen) atoms. The second-order valence-corrected chi connectivity index (χ2v) is 11.0. The molecule has 2 heterocycles. The van der Waals surface area contributed by atoms with Gasteiger partial charge >= 0.3 is 17.9 Å². The number of esters is 3. The first kappa shape index (κ1) is 26.7. The summed E-state index contributed by atoms with van der Waals surface area (Å²) in [5, 5.41) is 10.7. The van der Waals surface area contributed by atoms with Crippen LogP contribution in [0.15, 0.2) is 12.2 Å². The second kappa shape index (κ2) is 9.61. The molecule has 0 aromatic rings. The van der Waals surface area contributed by atoms with E-state index in [0.29, 0.717) is 31.3 Å².